The highest BCUT2D eigenvalue weighted by atomic mass is 32.2. The molecule has 0 fully saturated rings. The highest BCUT2D eigenvalue weighted by Crippen LogP contribution is 2.22. The number of hydrogen-bond donors (Lipinski definition) is 2. The summed E-state index contributed by atoms with van der Waals surface area (Å²) in [4.78, 5) is 21.7. The molecule has 6 nitrogen and oxygen atoms in total. The SMILES string of the molecule is O=C(O)CSc1n[nH]c(=O)n1CCCCC(F)(F)F. The largest absolute Gasteiger partial charge is 0.481 e. The lowest BCUT2D eigenvalue weighted by molar-refractivity contribution is -0.136. The van der Waals surface area contributed by atoms with Crippen LogP contribution in [0.4, 0.5) is 13.2 Å². The number of aromatic nitrogens is 3. The second-order valence-electron chi connectivity index (χ2n) is 3.72. The van der Waals surface area contributed by atoms with Crippen LogP contribution in [0.25, 0.3) is 0 Å². The Labute approximate surface area is 110 Å². The first-order valence-corrected chi connectivity index (χ1v) is 6.34. The van der Waals surface area contributed by atoms with Crippen molar-refractivity contribution in [3.8, 4) is 0 Å². The molecule has 2 N–H and O–H groups in total. The van der Waals surface area contributed by atoms with Crippen molar-refractivity contribution in [2.45, 2.75) is 37.1 Å². The maximum Gasteiger partial charge on any atom is 0.389 e. The van der Waals surface area contributed by atoms with Gasteiger partial charge >= 0.3 is 17.8 Å². The molecule has 1 rings (SSSR count). The number of carboxylic acid groups (broad SMARTS) is 1. The topological polar surface area (TPSA) is 88.0 Å². The number of nitrogens with zero attached hydrogens (tertiary/aromatic N) is 2. The minimum atomic E-state index is -4.21. The summed E-state index contributed by atoms with van der Waals surface area (Å²) in [5.74, 6) is -1.34. The van der Waals surface area contributed by atoms with E-state index in [4.69, 9.17) is 5.11 Å². The van der Waals surface area contributed by atoms with Gasteiger partial charge in [-0.2, -0.15) is 13.2 Å². The molecule has 0 aliphatic heterocycles. The highest BCUT2D eigenvalue weighted by molar-refractivity contribution is 7.99. The van der Waals surface area contributed by atoms with E-state index in [9.17, 15) is 22.8 Å². The van der Waals surface area contributed by atoms with Crippen molar-refractivity contribution in [3.63, 3.8) is 0 Å². The number of hydrogen-bond acceptors (Lipinski definition) is 4. The zero-order valence-electron chi connectivity index (χ0n) is 9.74. The summed E-state index contributed by atoms with van der Waals surface area (Å²) < 4.78 is 36.9. The predicted octanol–water partition coefficient (Wildman–Crippen LogP) is 1.48. The van der Waals surface area contributed by atoms with Gasteiger partial charge in [0.25, 0.3) is 0 Å². The standard InChI is InChI=1S/C9H12F3N3O3S/c10-9(11,12)3-1-2-4-15-7(18)13-14-8(15)19-5-6(16)17/h1-5H2,(H,13,18)(H,16,17). The Morgan fingerprint density at radius 1 is 1.42 bits per heavy atom. The first kappa shape index (κ1) is 15.6. The fraction of sp³-hybridized carbons (Fsp3) is 0.667. The van der Waals surface area contributed by atoms with Crippen LogP contribution < -0.4 is 5.69 Å². The van der Waals surface area contributed by atoms with Crippen LogP contribution in [0.1, 0.15) is 19.3 Å². The number of halogens is 3. The predicted molar refractivity (Wildman–Crippen MR) is 61.1 cm³/mol. The average Bonchev–Trinajstić information content (AvgIpc) is 2.62. The van der Waals surface area contributed by atoms with Gasteiger partial charge in [-0.05, 0) is 12.8 Å². The van der Waals surface area contributed by atoms with E-state index in [1.807, 2.05) is 0 Å². The molecule has 0 saturated carbocycles. The molecule has 1 aromatic rings. The maximum atomic E-state index is 11.9. The normalized spacial score (nSPS) is 11.7. The van der Waals surface area contributed by atoms with E-state index in [2.05, 4.69) is 10.2 Å². The molecular formula is C9H12F3N3O3S. The highest BCUT2D eigenvalue weighted by Gasteiger charge is 2.25. The lowest BCUT2D eigenvalue weighted by Gasteiger charge is -2.06. The summed E-state index contributed by atoms with van der Waals surface area (Å²) in [5, 5.41) is 14.4. The molecule has 0 bridgehead atoms. The fourth-order valence-corrected chi connectivity index (χ4v) is 2.03. The Bertz CT molecular complexity index is 483. The molecular weight excluding hydrogens is 287 g/mol. The summed E-state index contributed by atoms with van der Waals surface area (Å²) in [5.41, 5.74) is -0.556. The third-order valence-corrected chi connectivity index (χ3v) is 3.10. The molecule has 0 unspecified atom stereocenters. The lowest BCUT2D eigenvalue weighted by atomic mass is 10.2. The molecule has 0 aliphatic carbocycles. The van der Waals surface area contributed by atoms with Crippen LogP contribution in [0.3, 0.4) is 0 Å². The number of aromatic amines is 1. The fourth-order valence-electron chi connectivity index (χ4n) is 1.33. The van der Waals surface area contributed by atoms with E-state index >= 15 is 0 Å². The van der Waals surface area contributed by atoms with Crippen molar-refractivity contribution >= 4 is 17.7 Å². The van der Waals surface area contributed by atoms with Gasteiger partial charge in [0.1, 0.15) is 0 Å². The molecule has 0 saturated heterocycles. The zero-order valence-corrected chi connectivity index (χ0v) is 10.6. The third-order valence-electron chi connectivity index (χ3n) is 2.14. The van der Waals surface area contributed by atoms with Crippen LogP contribution in [0.5, 0.6) is 0 Å². The van der Waals surface area contributed by atoms with Gasteiger partial charge in [-0.3, -0.25) is 9.36 Å². The smallest absolute Gasteiger partial charge is 0.389 e. The summed E-state index contributed by atoms with van der Waals surface area (Å²) >= 11 is 0.838. The van der Waals surface area contributed by atoms with Gasteiger partial charge in [0.2, 0.25) is 0 Å². The van der Waals surface area contributed by atoms with Crippen LogP contribution in [0, 0.1) is 0 Å². The monoisotopic (exact) mass is 299 g/mol. The van der Waals surface area contributed by atoms with Crippen LogP contribution in [0.15, 0.2) is 9.95 Å². The number of unbranched alkanes of at least 4 members (excludes halogenated alkanes) is 1. The van der Waals surface area contributed by atoms with E-state index in [1.165, 1.54) is 0 Å². The number of rotatable bonds is 7. The number of thioether (sulfide) groups is 1. The minimum absolute atomic E-state index is 0.0768. The molecule has 1 aromatic heterocycles. The van der Waals surface area contributed by atoms with E-state index in [0.29, 0.717) is 0 Å². The van der Waals surface area contributed by atoms with Gasteiger partial charge in [0, 0.05) is 13.0 Å². The van der Waals surface area contributed by atoms with Crippen LogP contribution in [-0.4, -0.2) is 37.8 Å². The molecule has 108 valence electrons. The van der Waals surface area contributed by atoms with Gasteiger partial charge in [-0.15, -0.1) is 5.10 Å². The third kappa shape index (κ3) is 5.81. The van der Waals surface area contributed by atoms with E-state index in [-0.39, 0.29) is 30.3 Å². The second-order valence-corrected chi connectivity index (χ2v) is 4.66. The Morgan fingerprint density at radius 3 is 2.68 bits per heavy atom. The van der Waals surface area contributed by atoms with Gasteiger partial charge in [-0.1, -0.05) is 11.8 Å². The maximum absolute atomic E-state index is 11.9. The Morgan fingerprint density at radius 2 is 2.11 bits per heavy atom. The average molecular weight is 299 g/mol. The molecule has 0 radical (unpaired) electrons. The minimum Gasteiger partial charge on any atom is -0.481 e. The van der Waals surface area contributed by atoms with Gasteiger partial charge in [0.05, 0.1) is 5.75 Å². The molecule has 0 aromatic carbocycles. The first-order valence-electron chi connectivity index (χ1n) is 5.36. The molecule has 1 heterocycles. The number of aliphatic carboxylic acids is 1. The van der Waals surface area contributed by atoms with Crippen molar-refractivity contribution in [2.75, 3.05) is 5.75 Å². The molecule has 0 amide bonds. The van der Waals surface area contributed by atoms with Gasteiger partial charge < -0.3 is 5.11 Å². The number of H-pyrrole nitrogens is 1. The molecule has 0 atom stereocenters. The number of nitrogens with one attached hydrogen (secondary N) is 1. The summed E-state index contributed by atoms with van der Waals surface area (Å²) in [6.45, 7) is 0.0768. The van der Waals surface area contributed by atoms with E-state index in [1.54, 1.807) is 0 Å². The molecule has 0 aliphatic rings. The summed E-state index contributed by atoms with van der Waals surface area (Å²) in [7, 11) is 0. The van der Waals surface area contributed by atoms with Gasteiger partial charge in [-0.25, -0.2) is 9.89 Å². The second kappa shape index (κ2) is 6.64. The zero-order chi connectivity index (χ0) is 14.5. The Kier molecular flexibility index (Phi) is 5.45. The number of carbonyl (C=O) groups is 1. The summed E-state index contributed by atoms with van der Waals surface area (Å²) in [6, 6.07) is 0. The molecule has 19 heavy (non-hydrogen) atoms. The Balaban J connectivity index is 2.50. The Hall–Kier alpha value is -1.45. The quantitative estimate of drug-likeness (QED) is 0.588. The van der Waals surface area contributed by atoms with Crippen LogP contribution in [0.2, 0.25) is 0 Å². The lowest BCUT2D eigenvalue weighted by Crippen LogP contribution is -2.18. The van der Waals surface area contributed by atoms with Crippen molar-refractivity contribution in [1.82, 2.24) is 14.8 Å². The van der Waals surface area contributed by atoms with Crippen molar-refractivity contribution < 1.29 is 23.1 Å². The molecule has 0 spiro atoms. The first-order chi connectivity index (χ1) is 8.79. The number of alkyl halides is 3. The van der Waals surface area contributed by atoms with Gasteiger partial charge in [0.15, 0.2) is 5.16 Å². The summed E-state index contributed by atoms with van der Waals surface area (Å²) in [6.07, 6.45) is -5.04. The van der Waals surface area contributed by atoms with Crippen LogP contribution in [-0.2, 0) is 11.3 Å². The van der Waals surface area contributed by atoms with E-state index in [0.717, 1.165) is 16.3 Å². The number of carboxylic acids is 1. The van der Waals surface area contributed by atoms with Crippen molar-refractivity contribution in [3.05, 3.63) is 10.5 Å². The van der Waals surface area contributed by atoms with Crippen molar-refractivity contribution in [1.29, 1.82) is 0 Å². The van der Waals surface area contributed by atoms with E-state index < -0.39 is 24.3 Å². The van der Waals surface area contributed by atoms with Crippen LogP contribution >= 0.6 is 11.8 Å². The molecule has 10 heteroatoms. The van der Waals surface area contributed by atoms with Crippen molar-refractivity contribution in [2.24, 2.45) is 0 Å².